The van der Waals surface area contributed by atoms with E-state index < -0.39 is 17.6 Å². The van der Waals surface area contributed by atoms with E-state index in [1.807, 2.05) is 6.92 Å². The molecule has 0 unspecified atom stereocenters. The van der Waals surface area contributed by atoms with Crippen LogP contribution in [0.3, 0.4) is 0 Å². The first-order valence-electron chi connectivity index (χ1n) is 5.41. The van der Waals surface area contributed by atoms with Crippen molar-refractivity contribution >= 4 is 0 Å². The summed E-state index contributed by atoms with van der Waals surface area (Å²) in [7, 11) is 0. The highest BCUT2D eigenvalue weighted by atomic mass is 19.4. The van der Waals surface area contributed by atoms with Gasteiger partial charge in [-0.3, -0.25) is 0 Å². The fraction of sp³-hybridized carbons (Fsp3) is 0.500. The van der Waals surface area contributed by atoms with Crippen LogP contribution in [0.4, 0.5) is 17.6 Å². The lowest BCUT2D eigenvalue weighted by atomic mass is 10.1. The van der Waals surface area contributed by atoms with Gasteiger partial charge in [0, 0.05) is 12.1 Å². The lowest BCUT2D eigenvalue weighted by Crippen LogP contribution is -2.27. The Morgan fingerprint density at radius 3 is 2.47 bits per heavy atom. The van der Waals surface area contributed by atoms with Crippen LogP contribution in [0.25, 0.3) is 0 Å². The third kappa shape index (κ3) is 2.97. The van der Waals surface area contributed by atoms with E-state index >= 15 is 0 Å². The van der Waals surface area contributed by atoms with E-state index in [-0.39, 0.29) is 5.54 Å². The van der Waals surface area contributed by atoms with Gasteiger partial charge in [-0.1, -0.05) is 6.07 Å². The zero-order valence-electron chi connectivity index (χ0n) is 9.37. The van der Waals surface area contributed by atoms with E-state index in [9.17, 15) is 17.6 Å². The van der Waals surface area contributed by atoms with Crippen molar-refractivity contribution in [2.75, 3.05) is 0 Å². The molecule has 1 aromatic rings. The van der Waals surface area contributed by atoms with Crippen molar-refractivity contribution in [3.05, 3.63) is 35.1 Å². The summed E-state index contributed by atoms with van der Waals surface area (Å²) in [6.07, 6.45) is -2.58. The van der Waals surface area contributed by atoms with Gasteiger partial charge in [-0.15, -0.1) is 0 Å². The Hall–Kier alpha value is -1.10. The molecule has 1 aliphatic rings. The fourth-order valence-electron chi connectivity index (χ4n) is 1.58. The van der Waals surface area contributed by atoms with E-state index in [0.29, 0.717) is 12.1 Å². The Labute approximate surface area is 96.8 Å². The highest BCUT2D eigenvalue weighted by molar-refractivity contribution is 5.27. The third-order valence-electron chi connectivity index (χ3n) is 3.06. The van der Waals surface area contributed by atoms with Crippen LogP contribution in [0.1, 0.15) is 30.9 Å². The van der Waals surface area contributed by atoms with Crippen molar-refractivity contribution in [2.24, 2.45) is 0 Å². The normalized spacial score (nSPS) is 18.2. The van der Waals surface area contributed by atoms with E-state index in [0.717, 1.165) is 25.0 Å². The lowest BCUT2D eigenvalue weighted by Gasteiger charge is -2.13. The van der Waals surface area contributed by atoms with E-state index in [2.05, 4.69) is 5.32 Å². The highest BCUT2D eigenvalue weighted by Crippen LogP contribution is 2.35. The number of rotatable bonds is 3. The van der Waals surface area contributed by atoms with Gasteiger partial charge in [0.05, 0.1) is 5.56 Å². The van der Waals surface area contributed by atoms with Gasteiger partial charge in [-0.25, -0.2) is 4.39 Å². The molecule has 0 aromatic heterocycles. The van der Waals surface area contributed by atoms with Crippen molar-refractivity contribution in [2.45, 2.75) is 38.0 Å². The maximum Gasteiger partial charge on any atom is 0.419 e. The van der Waals surface area contributed by atoms with Gasteiger partial charge in [0.2, 0.25) is 0 Å². The number of benzene rings is 1. The molecule has 1 aliphatic carbocycles. The molecule has 1 fully saturated rings. The monoisotopic (exact) mass is 247 g/mol. The summed E-state index contributed by atoms with van der Waals surface area (Å²) < 4.78 is 50.4. The molecule has 0 amide bonds. The predicted molar refractivity (Wildman–Crippen MR) is 55.9 cm³/mol. The van der Waals surface area contributed by atoms with Crippen molar-refractivity contribution in [3.8, 4) is 0 Å². The second kappa shape index (κ2) is 3.98. The van der Waals surface area contributed by atoms with Crippen LogP contribution >= 0.6 is 0 Å². The van der Waals surface area contributed by atoms with Crippen LogP contribution in [0, 0.1) is 5.82 Å². The Morgan fingerprint density at radius 2 is 1.94 bits per heavy atom. The summed E-state index contributed by atoms with van der Waals surface area (Å²) in [4.78, 5) is 0. The summed E-state index contributed by atoms with van der Waals surface area (Å²) >= 11 is 0. The lowest BCUT2D eigenvalue weighted by molar-refractivity contribution is -0.140. The Balaban J connectivity index is 2.13. The Morgan fingerprint density at radius 1 is 1.29 bits per heavy atom. The minimum atomic E-state index is -4.64. The number of alkyl halides is 3. The molecule has 0 bridgehead atoms. The zero-order chi connectivity index (χ0) is 12.7. The van der Waals surface area contributed by atoms with Crippen molar-refractivity contribution in [1.82, 2.24) is 5.32 Å². The predicted octanol–water partition coefficient (Wildman–Crippen LogP) is 3.49. The first kappa shape index (κ1) is 12.4. The number of nitrogens with one attached hydrogen (secondary N) is 1. The Kier molecular flexibility index (Phi) is 2.89. The van der Waals surface area contributed by atoms with Crippen molar-refractivity contribution in [1.29, 1.82) is 0 Å². The number of hydrogen-bond acceptors (Lipinski definition) is 1. The molecule has 0 spiro atoms. The van der Waals surface area contributed by atoms with Gasteiger partial charge < -0.3 is 5.32 Å². The molecule has 2 rings (SSSR count). The summed E-state index contributed by atoms with van der Waals surface area (Å²) in [5.74, 6) is -1.22. The van der Waals surface area contributed by atoms with Gasteiger partial charge in [0.15, 0.2) is 0 Å². The maximum atomic E-state index is 13.0. The zero-order valence-corrected chi connectivity index (χ0v) is 9.37. The molecule has 17 heavy (non-hydrogen) atoms. The second-order valence-electron chi connectivity index (χ2n) is 4.73. The number of hydrogen-bond donors (Lipinski definition) is 1. The van der Waals surface area contributed by atoms with Crippen LogP contribution < -0.4 is 5.32 Å². The fourth-order valence-corrected chi connectivity index (χ4v) is 1.58. The molecule has 1 saturated carbocycles. The molecular weight excluding hydrogens is 234 g/mol. The first-order chi connectivity index (χ1) is 7.80. The molecule has 1 aromatic carbocycles. The van der Waals surface area contributed by atoms with Crippen LogP contribution in [0.15, 0.2) is 18.2 Å². The SMILES string of the molecule is CC1(NCc2ccc(F)c(C(F)(F)F)c2)CC1. The molecule has 0 saturated heterocycles. The Bertz CT molecular complexity index is 421. The largest absolute Gasteiger partial charge is 0.419 e. The molecule has 5 heteroatoms. The van der Waals surface area contributed by atoms with E-state index in [1.54, 1.807) is 0 Å². The van der Waals surface area contributed by atoms with E-state index in [4.69, 9.17) is 0 Å². The molecule has 0 heterocycles. The van der Waals surface area contributed by atoms with Crippen LogP contribution in [0.5, 0.6) is 0 Å². The highest BCUT2D eigenvalue weighted by Gasteiger charge is 2.37. The van der Waals surface area contributed by atoms with Crippen molar-refractivity contribution in [3.63, 3.8) is 0 Å². The topological polar surface area (TPSA) is 12.0 Å². The molecule has 94 valence electrons. The minimum absolute atomic E-state index is 0.0484. The summed E-state index contributed by atoms with van der Waals surface area (Å²) in [6, 6.07) is 3.12. The molecule has 1 N–H and O–H groups in total. The van der Waals surface area contributed by atoms with Gasteiger partial charge in [0.25, 0.3) is 0 Å². The quantitative estimate of drug-likeness (QED) is 0.806. The molecule has 0 aliphatic heterocycles. The average Bonchev–Trinajstić information content (AvgIpc) is 2.94. The van der Waals surface area contributed by atoms with Gasteiger partial charge in [-0.2, -0.15) is 13.2 Å². The smallest absolute Gasteiger partial charge is 0.307 e. The minimum Gasteiger partial charge on any atom is -0.307 e. The summed E-state index contributed by atoms with van der Waals surface area (Å²) in [6.45, 7) is 2.35. The maximum absolute atomic E-state index is 13.0. The standard InChI is InChI=1S/C12H13F4N/c1-11(4-5-11)17-7-8-2-3-10(13)9(6-8)12(14,15)16/h2-3,6,17H,4-5,7H2,1H3. The summed E-state index contributed by atoms with van der Waals surface area (Å²) in [5, 5.41) is 3.16. The second-order valence-corrected chi connectivity index (χ2v) is 4.73. The number of halogens is 4. The van der Waals surface area contributed by atoms with Crippen LogP contribution in [-0.4, -0.2) is 5.54 Å². The summed E-state index contributed by atoms with van der Waals surface area (Å²) in [5.41, 5.74) is -0.697. The van der Waals surface area contributed by atoms with Crippen LogP contribution in [-0.2, 0) is 12.7 Å². The average molecular weight is 247 g/mol. The first-order valence-corrected chi connectivity index (χ1v) is 5.41. The van der Waals surface area contributed by atoms with E-state index in [1.165, 1.54) is 6.07 Å². The van der Waals surface area contributed by atoms with Gasteiger partial charge in [-0.05, 0) is 37.5 Å². The van der Waals surface area contributed by atoms with Crippen LogP contribution in [0.2, 0.25) is 0 Å². The third-order valence-corrected chi connectivity index (χ3v) is 3.06. The molecular formula is C12H13F4N. The molecule has 0 radical (unpaired) electrons. The van der Waals surface area contributed by atoms with Gasteiger partial charge in [0.1, 0.15) is 5.82 Å². The molecule has 0 atom stereocenters. The van der Waals surface area contributed by atoms with Crippen molar-refractivity contribution < 1.29 is 17.6 Å². The molecule has 1 nitrogen and oxygen atoms in total. The van der Waals surface area contributed by atoms with Gasteiger partial charge >= 0.3 is 6.18 Å².